The van der Waals surface area contributed by atoms with Crippen LogP contribution in [0.1, 0.15) is 6.42 Å². The summed E-state index contributed by atoms with van der Waals surface area (Å²) >= 11 is 1.48. The second-order valence-electron chi connectivity index (χ2n) is 4.86. The lowest BCUT2D eigenvalue weighted by Gasteiger charge is -2.20. The average Bonchev–Trinajstić information content (AvgIpc) is 2.92. The van der Waals surface area contributed by atoms with Crippen molar-refractivity contribution >= 4 is 29.3 Å². The number of para-hydroxylation sites is 1. The number of carbonyl (C=O) groups is 2. The maximum Gasteiger partial charge on any atom is 0.313 e. The minimum atomic E-state index is -1.08. The molecule has 1 saturated heterocycles. The molecular formula is C14H18N2O4S. The lowest BCUT2D eigenvalue weighted by atomic mass is 10.0. The zero-order valence-corrected chi connectivity index (χ0v) is 12.5. The van der Waals surface area contributed by atoms with Crippen molar-refractivity contribution in [2.24, 2.45) is 0 Å². The van der Waals surface area contributed by atoms with Crippen molar-refractivity contribution in [3.8, 4) is 0 Å². The van der Waals surface area contributed by atoms with Gasteiger partial charge in [-0.25, -0.2) is 0 Å². The first-order valence-corrected chi connectivity index (χ1v) is 7.79. The molecule has 2 amide bonds. The number of rotatable bonds is 4. The van der Waals surface area contributed by atoms with Crippen molar-refractivity contribution in [2.75, 3.05) is 31.3 Å². The molecule has 1 heterocycles. The van der Waals surface area contributed by atoms with Crippen LogP contribution in [0.15, 0.2) is 29.2 Å². The molecule has 0 spiro atoms. The van der Waals surface area contributed by atoms with Gasteiger partial charge in [0.2, 0.25) is 0 Å². The first-order valence-electron chi connectivity index (χ1n) is 6.56. The van der Waals surface area contributed by atoms with Crippen LogP contribution in [0.4, 0.5) is 5.69 Å². The molecule has 0 radical (unpaired) electrons. The van der Waals surface area contributed by atoms with Gasteiger partial charge in [-0.05, 0) is 18.4 Å². The predicted octanol–water partition coefficient (Wildman–Crippen LogP) is 0.615. The molecular weight excluding hydrogens is 292 g/mol. The molecule has 114 valence electrons. The fraction of sp³-hybridized carbons (Fsp3) is 0.429. The molecule has 7 heteroatoms. The van der Waals surface area contributed by atoms with Crippen molar-refractivity contribution in [3.05, 3.63) is 24.3 Å². The Labute approximate surface area is 127 Å². The van der Waals surface area contributed by atoms with E-state index in [0.29, 0.717) is 18.7 Å². The molecule has 1 aromatic carbocycles. The third-order valence-electron chi connectivity index (χ3n) is 3.22. The monoisotopic (exact) mass is 310 g/mol. The number of aliphatic hydroxyl groups is 1. The number of hydrogen-bond donors (Lipinski definition) is 3. The van der Waals surface area contributed by atoms with Crippen LogP contribution >= 0.6 is 11.8 Å². The van der Waals surface area contributed by atoms with Crippen molar-refractivity contribution in [1.82, 2.24) is 5.32 Å². The number of amides is 2. The van der Waals surface area contributed by atoms with E-state index in [-0.39, 0.29) is 13.2 Å². The predicted molar refractivity (Wildman–Crippen MR) is 80.2 cm³/mol. The maximum absolute atomic E-state index is 11.8. The number of anilines is 1. The second kappa shape index (κ2) is 6.93. The van der Waals surface area contributed by atoms with E-state index >= 15 is 0 Å². The standard InChI is InChI=1S/C14H18N2O4S/c1-21-11-5-3-2-4-10(11)16-13(18)12(17)15-8-14(19)6-7-20-9-14/h2-5,19H,6-9H2,1H3,(H,15,17)(H,16,18)/t14-/m0/s1. The van der Waals surface area contributed by atoms with Gasteiger partial charge in [0.05, 0.1) is 12.3 Å². The highest BCUT2D eigenvalue weighted by molar-refractivity contribution is 7.98. The zero-order valence-electron chi connectivity index (χ0n) is 11.7. The summed E-state index contributed by atoms with van der Waals surface area (Å²) in [5, 5.41) is 15.0. The molecule has 6 nitrogen and oxygen atoms in total. The molecule has 0 saturated carbocycles. The van der Waals surface area contributed by atoms with Crippen molar-refractivity contribution in [2.45, 2.75) is 16.9 Å². The van der Waals surface area contributed by atoms with Gasteiger partial charge in [0, 0.05) is 24.5 Å². The lowest BCUT2D eigenvalue weighted by Crippen LogP contribution is -2.46. The van der Waals surface area contributed by atoms with Gasteiger partial charge in [-0.3, -0.25) is 9.59 Å². The molecule has 1 atom stereocenters. The van der Waals surface area contributed by atoms with Crippen molar-refractivity contribution in [1.29, 1.82) is 0 Å². The van der Waals surface area contributed by atoms with E-state index in [4.69, 9.17) is 4.74 Å². The quantitative estimate of drug-likeness (QED) is 0.560. The van der Waals surface area contributed by atoms with E-state index in [0.717, 1.165) is 4.90 Å². The highest BCUT2D eigenvalue weighted by Crippen LogP contribution is 2.24. The highest BCUT2D eigenvalue weighted by Gasteiger charge is 2.33. The molecule has 21 heavy (non-hydrogen) atoms. The van der Waals surface area contributed by atoms with Gasteiger partial charge in [-0.15, -0.1) is 11.8 Å². The number of nitrogens with one attached hydrogen (secondary N) is 2. The third kappa shape index (κ3) is 4.20. The zero-order chi connectivity index (χ0) is 15.3. The van der Waals surface area contributed by atoms with Crippen molar-refractivity contribution < 1.29 is 19.4 Å². The number of ether oxygens (including phenoxy) is 1. The van der Waals surface area contributed by atoms with Crippen LogP contribution in [0.25, 0.3) is 0 Å². The summed E-state index contributed by atoms with van der Waals surface area (Å²) < 4.78 is 5.07. The molecule has 0 aromatic heterocycles. The summed E-state index contributed by atoms with van der Waals surface area (Å²) in [6.07, 6.45) is 2.34. The third-order valence-corrected chi connectivity index (χ3v) is 4.02. The van der Waals surface area contributed by atoms with Gasteiger partial charge in [-0.2, -0.15) is 0 Å². The fourth-order valence-corrected chi connectivity index (χ4v) is 2.54. The molecule has 0 unspecified atom stereocenters. The van der Waals surface area contributed by atoms with Gasteiger partial charge in [-0.1, -0.05) is 12.1 Å². The summed E-state index contributed by atoms with van der Waals surface area (Å²) in [6, 6.07) is 7.23. The van der Waals surface area contributed by atoms with Crippen LogP contribution in [-0.2, 0) is 14.3 Å². The van der Waals surface area contributed by atoms with Crippen LogP contribution in [0, 0.1) is 0 Å². The fourth-order valence-electron chi connectivity index (χ4n) is 1.99. The first kappa shape index (κ1) is 15.8. The Morgan fingerprint density at radius 1 is 1.38 bits per heavy atom. The molecule has 1 aliphatic rings. The summed E-state index contributed by atoms with van der Waals surface area (Å²) in [5.41, 5.74) is -0.485. The number of benzene rings is 1. The first-order chi connectivity index (χ1) is 10.0. The summed E-state index contributed by atoms with van der Waals surface area (Å²) in [6.45, 7) is 0.632. The van der Waals surface area contributed by atoms with E-state index in [9.17, 15) is 14.7 Å². The molecule has 1 fully saturated rings. The van der Waals surface area contributed by atoms with E-state index in [1.54, 1.807) is 12.1 Å². The molecule has 0 bridgehead atoms. The van der Waals surface area contributed by atoms with Gasteiger partial charge in [0.1, 0.15) is 5.60 Å². The van der Waals surface area contributed by atoms with Crippen LogP contribution in [0.5, 0.6) is 0 Å². The van der Waals surface area contributed by atoms with E-state index < -0.39 is 17.4 Å². The van der Waals surface area contributed by atoms with Gasteiger partial charge >= 0.3 is 11.8 Å². The van der Waals surface area contributed by atoms with Gasteiger partial charge in [0.15, 0.2) is 0 Å². The molecule has 1 aliphatic heterocycles. The Morgan fingerprint density at radius 2 is 2.14 bits per heavy atom. The normalized spacial score (nSPS) is 21.0. The molecule has 1 aromatic rings. The topological polar surface area (TPSA) is 87.7 Å². The second-order valence-corrected chi connectivity index (χ2v) is 5.71. The van der Waals surface area contributed by atoms with E-state index in [1.165, 1.54) is 11.8 Å². The van der Waals surface area contributed by atoms with Crippen LogP contribution in [0.3, 0.4) is 0 Å². The summed E-state index contributed by atoms with van der Waals surface area (Å²) in [7, 11) is 0. The smallest absolute Gasteiger partial charge is 0.313 e. The lowest BCUT2D eigenvalue weighted by molar-refractivity contribution is -0.136. The Balaban J connectivity index is 1.89. The number of thioether (sulfide) groups is 1. The number of carbonyl (C=O) groups excluding carboxylic acids is 2. The average molecular weight is 310 g/mol. The summed E-state index contributed by atoms with van der Waals surface area (Å²) in [5.74, 6) is -1.52. The van der Waals surface area contributed by atoms with Crippen molar-refractivity contribution in [3.63, 3.8) is 0 Å². The number of hydrogen-bond acceptors (Lipinski definition) is 5. The van der Waals surface area contributed by atoms with Crippen LogP contribution in [-0.4, -0.2) is 48.5 Å². The Morgan fingerprint density at radius 3 is 2.81 bits per heavy atom. The summed E-state index contributed by atoms with van der Waals surface area (Å²) in [4.78, 5) is 24.5. The highest BCUT2D eigenvalue weighted by atomic mass is 32.2. The van der Waals surface area contributed by atoms with Gasteiger partial charge < -0.3 is 20.5 Å². The Hall–Kier alpha value is -1.57. The van der Waals surface area contributed by atoms with E-state index in [2.05, 4.69) is 10.6 Å². The SMILES string of the molecule is CSc1ccccc1NC(=O)C(=O)NC[C@@]1(O)CCOC1. The van der Waals surface area contributed by atoms with Gasteiger partial charge in [0.25, 0.3) is 0 Å². The minimum absolute atomic E-state index is 0.00340. The van der Waals surface area contributed by atoms with Crippen LogP contribution < -0.4 is 10.6 Å². The molecule has 2 rings (SSSR count). The van der Waals surface area contributed by atoms with E-state index in [1.807, 2.05) is 18.4 Å². The minimum Gasteiger partial charge on any atom is -0.386 e. The molecule has 3 N–H and O–H groups in total. The van der Waals surface area contributed by atoms with Crippen LogP contribution in [0.2, 0.25) is 0 Å². The maximum atomic E-state index is 11.8. The molecule has 0 aliphatic carbocycles. The Kier molecular flexibility index (Phi) is 5.22. The largest absolute Gasteiger partial charge is 0.386 e. The Bertz CT molecular complexity index is 529.